The minimum atomic E-state index is -4.84. The standard InChI is InChI=1S/C70H135O12P.Na/c1-5-9-13-17-21-25-29-33-37-41-45-49-53-57-67(71)77-61-65(81-69(73)59-55-51-47-43-39-35-31-27-23-19-15-11-7-3)63-79-83(75,76)80-64-66(82-70(74)60-56-52-48-44-40-36-32-28-24-20-16-12-8-4)62-78-68(72)58-54-50-46-42-38-34-30-26-22-18-14-10-6-2;/h65-66H,5-64H2,1-4H3,(H,75,76);/q;+1. The molecule has 0 aliphatic rings. The van der Waals surface area contributed by atoms with Crippen molar-refractivity contribution in [2.75, 3.05) is 26.4 Å². The van der Waals surface area contributed by atoms with Crippen LogP contribution in [0, 0.1) is 0 Å². The SMILES string of the molecule is CCCCCCCCCCCCCCCC(=O)OCC(COP(=O)(O)OCC(COC(=O)CCCCCCCCCCCCCCC)OC(=O)CCCCCCCCCCCCCCC)OC(=O)CCCCCCCCCCCCCCC.[Na+]. The molecule has 0 saturated carbocycles. The van der Waals surface area contributed by atoms with E-state index in [0.29, 0.717) is 25.7 Å². The van der Waals surface area contributed by atoms with Crippen LogP contribution in [-0.2, 0) is 51.7 Å². The number of esters is 4. The predicted octanol–water partition coefficient (Wildman–Crippen LogP) is 19.0. The third kappa shape index (κ3) is 65.4. The number of unbranched alkanes of at least 4 members (excludes halogenated alkanes) is 48. The third-order valence-electron chi connectivity index (χ3n) is 16.2. The predicted molar refractivity (Wildman–Crippen MR) is 345 cm³/mol. The molecule has 0 aromatic carbocycles. The second-order valence-electron chi connectivity index (χ2n) is 24.6. The Hall–Kier alpha value is -1.01. The fraction of sp³-hybridized carbons (Fsp3) is 0.943. The molecule has 14 heteroatoms. The Labute approximate surface area is 540 Å². The molecule has 0 amide bonds. The zero-order valence-electron chi connectivity index (χ0n) is 56.0. The summed E-state index contributed by atoms with van der Waals surface area (Å²) >= 11 is 0. The van der Waals surface area contributed by atoms with Gasteiger partial charge in [0.05, 0.1) is 13.2 Å². The zero-order valence-corrected chi connectivity index (χ0v) is 58.9. The molecular formula is C70H135NaO12P+. The average Bonchev–Trinajstić information content (AvgIpc) is 3.48. The molecule has 12 nitrogen and oxygen atoms in total. The normalized spacial score (nSPS) is 12.8. The molecule has 0 heterocycles. The quantitative estimate of drug-likeness (QED) is 0.0202. The molecule has 492 valence electrons. The smallest absolute Gasteiger partial charge is 0.462 e. The summed E-state index contributed by atoms with van der Waals surface area (Å²) in [6.07, 6.45) is 60.2. The first kappa shape index (κ1) is 85.1. The van der Waals surface area contributed by atoms with Crippen LogP contribution >= 0.6 is 7.82 Å². The van der Waals surface area contributed by atoms with E-state index in [9.17, 15) is 28.6 Å². The van der Waals surface area contributed by atoms with Gasteiger partial charge >= 0.3 is 61.3 Å². The summed E-state index contributed by atoms with van der Waals surface area (Å²) in [4.78, 5) is 62.8. The van der Waals surface area contributed by atoms with Gasteiger partial charge in [-0.2, -0.15) is 0 Å². The van der Waals surface area contributed by atoms with Gasteiger partial charge in [-0.25, -0.2) is 4.57 Å². The summed E-state index contributed by atoms with van der Waals surface area (Å²) in [6.45, 7) is 7.18. The van der Waals surface area contributed by atoms with Gasteiger partial charge in [0.1, 0.15) is 13.2 Å². The fourth-order valence-corrected chi connectivity index (χ4v) is 11.6. The van der Waals surface area contributed by atoms with Gasteiger partial charge in [0.2, 0.25) is 0 Å². The molecule has 0 aromatic rings. The number of ether oxygens (including phenoxy) is 4. The third-order valence-corrected chi connectivity index (χ3v) is 17.2. The topological polar surface area (TPSA) is 161 Å². The number of hydrogen-bond acceptors (Lipinski definition) is 11. The Balaban J connectivity index is 0. The van der Waals surface area contributed by atoms with Crippen molar-refractivity contribution in [1.82, 2.24) is 0 Å². The fourth-order valence-electron chi connectivity index (χ4n) is 10.8. The van der Waals surface area contributed by atoms with Crippen LogP contribution < -0.4 is 29.6 Å². The van der Waals surface area contributed by atoms with Crippen molar-refractivity contribution in [3.8, 4) is 0 Å². The maximum Gasteiger partial charge on any atom is 1.00 e. The summed E-state index contributed by atoms with van der Waals surface area (Å²) in [5.41, 5.74) is 0. The van der Waals surface area contributed by atoms with Crippen molar-refractivity contribution in [1.29, 1.82) is 0 Å². The first-order valence-electron chi connectivity index (χ1n) is 35.9. The van der Waals surface area contributed by atoms with E-state index in [4.69, 9.17) is 28.0 Å². The van der Waals surface area contributed by atoms with E-state index in [2.05, 4.69) is 27.7 Å². The van der Waals surface area contributed by atoms with Crippen molar-refractivity contribution in [3.63, 3.8) is 0 Å². The number of carbonyl (C=O) groups excluding carboxylic acids is 4. The number of phosphoric ester groups is 1. The Morgan fingerprint density at radius 3 is 0.631 bits per heavy atom. The van der Waals surface area contributed by atoms with Crippen LogP contribution in [0.4, 0.5) is 0 Å². The van der Waals surface area contributed by atoms with Gasteiger partial charge in [0, 0.05) is 25.7 Å². The molecule has 2 unspecified atom stereocenters. The van der Waals surface area contributed by atoms with Gasteiger partial charge in [-0.15, -0.1) is 0 Å². The van der Waals surface area contributed by atoms with E-state index in [1.165, 1.54) is 231 Å². The van der Waals surface area contributed by atoms with E-state index in [-0.39, 0.29) is 68.5 Å². The first-order chi connectivity index (χ1) is 40.6. The number of hydrogen-bond donors (Lipinski definition) is 1. The number of rotatable bonds is 68. The molecule has 0 aromatic heterocycles. The van der Waals surface area contributed by atoms with E-state index in [1.807, 2.05) is 0 Å². The molecule has 0 bridgehead atoms. The molecule has 0 rings (SSSR count). The first-order valence-corrected chi connectivity index (χ1v) is 37.4. The Bertz CT molecular complexity index is 1370. The van der Waals surface area contributed by atoms with Gasteiger partial charge in [-0.05, 0) is 25.7 Å². The summed E-state index contributed by atoms with van der Waals surface area (Å²) in [5.74, 6) is -1.86. The van der Waals surface area contributed by atoms with E-state index < -0.39 is 57.1 Å². The number of phosphoric acid groups is 1. The van der Waals surface area contributed by atoms with Crippen molar-refractivity contribution in [3.05, 3.63) is 0 Å². The van der Waals surface area contributed by atoms with Crippen molar-refractivity contribution >= 4 is 31.7 Å². The van der Waals surface area contributed by atoms with E-state index in [1.54, 1.807) is 0 Å². The van der Waals surface area contributed by atoms with Gasteiger partial charge in [-0.1, -0.05) is 336 Å². The molecule has 0 fully saturated rings. The number of carbonyl (C=O) groups is 4. The maximum atomic E-state index is 13.4. The van der Waals surface area contributed by atoms with Crippen LogP contribution in [-0.4, -0.2) is 67.4 Å². The van der Waals surface area contributed by atoms with Gasteiger partial charge in [0.25, 0.3) is 0 Å². The monoisotopic (exact) mass is 1220 g/mol. The van der Waals surface area contributed by atoms with Gasteiger partial charge < -0.3 is 23.8 Å². The zero-order chi connectivity index (χ0) is 60.6. The molecule has 0 aliphatic heterocycles. The minimum Gasteiger partial charge on any atom is -0.462 e. The van der Waals surface area contributed by atoms with Crippen LogP contribution in [0.5, 0.6) is 0 Å². The van der Waals surface area contributed by atoms with Crippen LogP contribution in [0.15, 0.2) is 0 Å². The summed E-state index contributed by atoms with van der Waals surface area (Å²) in [6, 6.07) is 0. The molecular weight excluding hydrogens is 1090 g/mol. The minimum absolute atomic E-state index is 0. The Kier molecular flexibility index (Phi) is 68.8. The average molecular weight is 1220 g/mol. The Morgan fingerprint density at radius 2 is 0.440 bits per heavy atom. The van der Waals surface area contributed by atoms with Crippen LogP contribution in [0.3, 0.4) is 0 Å². The molecule has 0 saturated heterocycles. The summed E-state index contributed by atoms with van der Waals surface area (Å²) < 4.78 is 46.6. The molecule has 0 radical (unpaired) electrons. The van der Waals surface area contributed by atoms with Crippen molar-refractivity contribution in [2.24, 2.45) is 0 Å². The molecule has 0 aliphatic carbocycles. The molecule has 84 heavy (non-hydrogen) atoms. The van der Waals surface area contributed by atoms with Gasteiger partial charge in [-0.3, -0.25) is 28.2 Å². The summed E-state index contributed by atoms with van der Waals surface area (Å²) in [5, 5.41) is 0. The van der Waals surface area contributed by atoms with Crippen molar-refractivity contribution < 1.29 is 86.2 Å². The van der Waals surface area contributed by atoms with E-state index >= 15 is 0 Å². The van der Waals surface area contributed by atoms with Crippen LogP contribution in [0.1, 0.15) is 387 Å². The van der Waals surface area contributed by atoms with Gasteiger partial charge in [0.15, 0.2) is 12.2 Å². The molecule has 1 N–H and O–H groups in total. The largest absolute Gasteiger partial charge is 1.00 e. The Morgan fingerprint density at radius 1 is 0.274 bits per heavy atom. The van der Waals surface area contributed by atoms with Crippen LogP contribution in [0.2, 0.25) is 0 Å². The van der Waals surface area contributed by atoms with Crippen LogP contribution in [0.25, 0.3) is 0 Å². The maximum absolute atomic E-state index is 13.4. The van der Waals surface area contributed by atoms with E-state index in [0.717, 1.165) is 77.0 Å². The summed E-state index contributed by atoms with van der Waals surface area (Å²) in [7, 11) is -4.84. The second kappa shape index (κ2) is 67.9. The molecule has 2 atom stereocenters. The molecule has 0 spiro atoms. The van der Waals surface area contributed by atoms with Crippen molar-refractivity contribution in [2.45, 2.75) is 399 Å². The second-order valence-corrected chi connectivity index (χ2v) is 26.1.